The van der Waals surface area contributed by atoms with Crippen molar-refractivity contribution in [3.8, 4) is 0 Å². The van der Waals surface area contributed by atoms with Gasteiger partial charge in [-0.2, -0.15) is 9.98 Å². The molecule has 2 aliphatic rings. The van der Waals surface area contributed by atoms with Gasteiger partial charge in [0.1, 0.15) is 11.1 Å². The van der Waals surface area contributed by atoms with E-state index < -0.39 is 0 Å². The Balaban J connectivity index is 1.48. The Morgan fingerprint density at radius 2 is 1.59 bits per heavy atom. The summed E-state index contributed by atoms with van der Waals surface area (Å²) >= 11 is 0. The van der Waals surface area contributed by atoms with Gasteiger partial charge in [0.15, 0.2) is 5.49 Å². The van der Waals surface area contributed by atoms with E-state index in [1.165, 1.54) is 0 Å². The van der Waals surface area contributed by atoms with E-state index in [-0.39, 0.29) is 23.5 Å². The number of aromatic amines is 1. The number of benzene rings is 3. The molecule has 1 aromatic heterocycles. The molecule has 2 aliphatic heterocycles. The quantitative estimate of drug-likeness (QED) is 0.361. The van der Waals surface area contributed by atoms with Crippen molar-refractivity contribution in [2.45, 2.75) is 0 Å². The molecule has 8 nitrogen and oxygen atoms in total. The molecule has 0 saturated carbocycles. The van der Waals surface area contributed by atoms with E-state index in [1.54, 1.807) is 0 Å². The summed E-state index contributed by atoms with van der Waals surface area (Å²) in [6, 6.07) is 24.5. The van der Waals surface area contributed by atoms with Gasteiger partial charge in [-0.1, -0.05) is 54.6 Å². The second kappa shape index (κ2) is 7.21. The minimum atomic E-state index is -0.302. The summed E-state index contributed by atoms with van der Waals surface area (Å²) in [5.74, 6) is 0.0152. The van der Waals surface area contributed by atoms with Crippen LogP contribution in [0.1, 0.15) is 5.56 Å². The Morgan fingerprint density at radius 3 is 2.50 bits per heavy atom. The standard InChI is InChI=1S/C24H15N7O/c32-22-20(16-11-5-7-13-18(16)27-22)29-23(25-14-8-2-1-3-9-14)31-24-28-19-15-10-4-6-12-17(15)26-21(19)30-24/h1-13H,(H2,25,26,27,28,29,30,31,32). The van der Waals surface area contributed by atoms with E-state index in [0.717, 1.165) is 16.3 Å². The Labute approximate surface area is 181 Å². The first-order valence-electron chi connectivity index (χ1n) is 10.0. The highest BCUT2D eigenvalue weighted by atomic mass is 16.2. The Bertz CT molecular complexity index is 1610. The van der Waals surface area contributed by atoms with Crippen molar-refractivity contribution in [1.82, 2.24) is 4.98 Å². The Kier molecular flexibility index (Phi) is 4.07. The van der Waals surface area contributed by atoms with Crippen molar-refractivity contribution in [3.63, 3.8) is 0 Å². The monoisotopic (exact) mass is 417 g/mol. The van der Waals surface area contributed by atoms with Crippen molar-refractivity contribution < 1.29 is 4.79 Å². The first-order valence-corrected chi connectivity index (χ1v) is 10.0. The molecule has 0 atom stereocenters. The molecule has 8 heteroatoms. The predicted octanol–water partition coefficient (Wildman–Crippen LogP) is 2.91. The molecular weight excluding hydrogens is 402 g/mol. The normalized spacial score (nSPS) is 17.2. The zero-order valence-corrected chi connectivity index (χ0v) is 16.6. The van der Waals surface area contributed by atoms with Crippen LogP contribution >= 0.6 is 0 Å². The average Bonchev–Trinajstić information content (AvgIpc) is 3.45. The Morgan fingerprint density at radius 1 is 0.812 bits per heavy atom. The zero-order chi connectivity index (χ0) is 21.5. The number of hydrogen-bond donors (Lipinski definition) is 2. The van der Waals surface area contributed by atoms with Gasteiger partial charge in [-0.3, -0.25) is 4.79 Å². The summed E-state index contributed by atoms with van der Waals surface area (Å²) in [6.07, 6.45) is 0. The fourth-order valence-corrected chi connectivity index (χ4v) is 3.68. The Hall–Kier alpha value is -4.72. The van der Waals surface area contributed by atoms with Crippen LogP contribution in [0.5, 0.6) is 0 Å². The van der Waals surface area contributed by atoms with Gasteiger partial charge >= 0.3 is 0 Å². The van der Waals surface area contributed by atoms with Crippen LogP contribution in [0.25, 0.3) is 10.9 Å². The third-order valence-electron chi connectivity index (χ3n) is 5.13. The fraction of sp³-hybridized carbons (Fsp3) is 0. The minimum absolute atomic E-state index is 0.0926. The van der Waals surface area contributed by atoms with Gasteiger partial charge in [-0.15, -0.1) is 0 Å². The first kappa shape index (κ1) is 18.1. The molecule has 0 fully saturated rings. The number of nitrogens with zero attached hydrogens (tertiary/aromatic N) is 5. The molecule has 0 unspecified atom stereocenters. The van der Waals surface area contributed by atoms with Gasteiger partial charge in [0.05, 0.1) is 11.4 Å². The highest BCUT2D eigenvalue weighted by Crippen LogP contribution is 2.23. The number of hydrogen-bond acceptors (Lipinski definition) is 2. The molecular formula is C24H15N7O. The summed E-state index contributed by atoms with van der Waals surface area (Å²) in [5.41, 5.74) is 3.92. The average molecular weight is 417 g/mol. The molecule has 2 N–H and O–H groups in total. The number of aromatic nitrogens is 1. The maximum absolute atomic E-state index is 12.5. The lowest BCUT2D eigenvalue weighted by Crippen LogP contribution is -2.18. The molecule has 3 aromatic carbocycles. The van der Waals surface area contributed by atoms with Crippen molar-refractivity contribution in [1.29, 1.82) is 0 Å². The van der Waals surface area contributed by atoms with Crippen molar-refractivity contribution in [3.05, 3.63) is 95.3 Å². The number of carbonyl (C=O) groups excluding carboxylic acids is 1. The lowest BCUT2D eigenvalue weighted by Gasteiger charge is -1.99. The third kappa shape index (κ3) is 3.10. The molecule has 0 saturated heterocycles. The second-order valence-corrected chi connectivity index (χ2v) is 7.21. The van der Waals surface area contributed by atoms with Crippen LogP contribution in [0.2, 0.25) is 0 Å². The highest BCUT2D eigenvalue weighted by molar-refractivity contribution is 6.54. The molecule has 152 valence electrons. The molecule has 32 heavy (non-hydrogen) atoms. The van der Waals surface area contributed by atoms with Crippen molar-refractivity contribution in [2.24, 2.45) is 25.0 Å². The fourth-order valence-electron chi connectivity index (χ4n) is 3.68. The van der Waals surface area contributed by atoms with E-state index in [1.807, 2.05) is 78.9 Å². The van der Waals surface area contributed by atoms with Crippen LogP contribution in [-0.2, 0) is 4.79 Å². The zero-order valence-electron chi connectivity index (χ0n) is 16.6. The van der Waals surface area contributed by atoms with E-state index in [9.17, 15) is 4.79 Å². The topological polar surface area (TPSA) is 107 Å². The molecule has 6 rings (SSSR count). The number of para-hydroxylation sites is 3. The van der Waals surface area contributed by atoms with Gasteiger partial charge in [0.25, 0.3) is 17.8 Å². The minimum Gasteiger partial charge on any atom is -0.338 e. The number of rotatable bonds is 1. The highest BCUT2D eigenvalue weighted by Gasteiger charge is 2.26. The van der Waals surface area contributed by atoms with Gasteiger partial charge in [0.2, 0.25) is 0 Å². The predicted molar refractivity (Wildman–Crippen MR) is 123 cm³/mol. The van der Waals surface area contributed by atoms with Gasteiger partial charge in [0, 0.05) is 16.5 Å². The lowest BCUT2D eigenvalue weighted by molar-refractivity contribution is -0.110. The number of guanidine groups is 2. The van der Waals surface area contributed by atoms with E-state index >= 15 is 0 Å². The SMILES string of the molecule is O=C1Nc2ccccc2C1=NC(N=C1N=c2[nH]c3ccccc3c2=N1)=Nc1ccccc1. The maximum atomic E-state index is 12.5. The van der Waals surface area contributed by atoms with Crippen molar-refractivity contribution >= 4 is 45.8 Å². The largest absolute Gasteiger partial charge is 0.338 e. The van der Waals surface area contributed by atoms with Crippen LogP contribution in [-0.4, -0.2) is 28.5 Å². The maximum Gasteiger partial charge on any atom is 0.275 e. The number of aliphatic imine (C=N–C) groups is 3. The van der Waals surface area contributed by atoms with Crippen LogP contribution in [0.3, 0.4) is 0 Å². The number of H-pyrrole nitrogens is 1. The van der Waals surface area contributed by atoms with Crippen LogP contribution in [0, 0.1) is 0 Å². The summed E-state index contributed by atoms with van der Waals surface area (Å²) in [5, 5.41) is 4.51. The van der Waals surface area contributed by atoms with Crippen LogP contribution < -0.4 is 16.2 Å². The molecule has 0 bridgehead atoms. The van der Waals surface area contributed by atoms with Gasteiger partial charge < -0.3 is 10.3 Å². The number of carbonyl (C=O) groups is 1. The van der Waals surface area contributed by atoms with E-state index in [0.29, 0.717) is 22.4 Å². The third-order valence-corrected chi connectivity index (χ3v) is 5.13. The van der Waals surface area contributed by atoms with Gasteiger partial charge in [-0.05, 0) is 24.3 Å². The molecule has 0 aliphatic carbocycles. The summed E-state index contributed by atoms with van der Waals surface area (Å²) < 4.78 is 0. The molecule has 0 radical (unpaired) electrons. The van der Waals surface area contributed by atoms with E-state index in [2.05, 4.69) is 35.3 Å². The second-order valence-electron chi connectivity index (χ2n) is 7.21. The number of fused-ring (bicyclic) bond motifs is 4. The number of anilines is 1. The summed E-state index contributed by atoms with van der Waals surface area (Å²) in [7, 11) is 0. The summed E-state index contributed by atoms with van der Waals surface area (Å²) in [4.78, 5) is 38.3. The van der Waals surface area contributed by atoms with Crippen LogP contribution in [0.4, 0.5) is 11.4 Å². The molecule has 3 heterocycles. The smallest absolute Gasteiger partial charge is 0.275 e. The van der Waals surface area contributed by atoms with Crippen LogP contribution in [0.15, 0.2) is 104 Å². The number of nitrogens with one attached hydrogen (secondary N) is 2. The first-order chi connectivity index (χ1) is 15.7. The van der Waals surface area contributed by atoms with E-state index in [4.69, 9.17) is 0 Å². The lowest BCUT2D eigenvalue weighted by atomic mass is 10.1. The molecule has 4 aromatic rings. The summed E-state index contributed by atoms with van der Waals surface area (Å²) in [6.45, 7) is 0. The van der Waals surface area contributed by atoms with Crippen molar-refractivity contribution in [2.75, 3.05) is 5.32 Å². The molecule has 0 spiro atoms. The molecule has 1 amide bonds. The number of amides is 1. The van der Waals surface area contributed by atoms with Gasteiger partial charge in [-0.25, -0.2) is 15.0 Å².